The van der Waals surface area contributed by atoms with E-state index < -0.39 is 5.91 Å². The Hall–Kier alpha value is -2.41. The third kappa shape index (κ3) is 3.58. The highest BCUT2D eigenvalue weighted by atomic mass is 16.5. The average Bonchev–Trinajstić information content (AvgIpc) is 3.00. The summed E-state index contributed by atoms with van der Waals surface area (Å²) in [6.45, 7) is 1.47. The number of nitrogens with zero attached hydrogens (tertiary/aromatic N) is 1. The van der Waals surface area contributed by atoms with Crippen LogP contribution in [-0.2, 0) is 17.6 Å². The highest BCUT2D eigenvalue weighted by Gasteiger charge is 2.20. The molecule has 138 valence electrons. The van der Waals surface area contributed by atoms with E-state index in [1.54, 1.807) is 6.07 Å². The maximum Gasteiger partial charge on any atom is 0.262 e. The molecule has 2 aromatic heterocycles. The lowest BCUT2D eigenvalue weighted by atomic mass is 9.99. The van der Waals surface area contributed by atoms with Gasteiger partial charge in [0, 0.05) is 30.0 Å². The molecule has 0 radical (unpaired) electrons. The predicted molar refractivity (Wildman–Crippen MR) is 97.7 cm³/mol. The summed E-state index contributed by atoms with van der Waals surface area (Å²) in [7, 11) is 0. The van der Waals surface area contributed by atoms with Crippen LogP contribution in [0.25, 0.3) is 0 Å². The van der Waals surface area contributed by atoms with Crippen LogP contribution in [0.5, 0.6) is 0 Å². The van der Waals surface area contributed by atoms with Crippen molar-refractivity contribution in [2.24, 2.45) is 0 Å². The van der Waals surface area contributed by atoms with Crippen molar-refractivity contribution in [3.63, 3.8) is 0 Å². The maximum atomic E-state index is 12.6. The molecule has 0 aromatic carbocycles. The van der Waals surface area contributed by atoms with Crippen LogP contribution in [-0.4, -0.2) is 34.3 Å². The summed E-state index contributed by atoms with van der Waals surface area (Å²) in [5.41, 5.74) is 2.82. The quantitative estimate of drug-likeness (QED) is 0.736. The van der Waals surface area contributed by atoms with Gasteiger partial charge in [-0.05, 0) is 50.2 Å². The summed E-state index contributed by atoms with van der Waals surface area (Å²) in [5, 5.41) is 9.88. The molecule has 0 bridgehead atoms. The Labute approximate surface area is 151 Å². The molecule has 0 spiro atoms. The van der Waals surface area contributed by atoms with Gasteiger partial charge in [-0.25, -0.2) is 0 Å². The number of nitrogens with one attached hydrogen (secondary N) is 3. The van der Waals surface area contributed by atoms with Gasteiger partial charge >= 0.3 is 0 Å². The number of hydrogen-bond acceptors (Lipinski definition) is 4. The number of aromatic nitrogens is 3. The van der Waals surface area contributed by atoms with Crippen LogP contribution in [0.15, 0.2) is 16.9 Å². The first-order chi connectivity index (χ1) is 12.7. The molecule has 7 nitrogen and oxygen atoms in total. The van der Waals surface area contributed by atoms with Gasteiger partial charge in [-0.3, -0.25) is 14.7 Å². The molecule has 0 saturated carbocycles. The molecule has 1 aliphatic carbocycles. The molecule has 4 rings (SSSR count). The molecule has 2 aromatic rings. The molecule has 26 heavy (non-hydrogen) atoms. The van der Waals surface area contributed by atoms with E-state index in [-0.39, 0.29) is 17.0 Å². The second kappa shape index (κ2) is 7.45. The van der Waals surface area contributed by atoms with Gasteiger partial charge < -0.3 is 15.0 Å². The molecule has 3 N–H and O–H groups in total. The normalized spacial score (nSPS) is 20.2. The monoisotopic (exact) mass is 356 g/mol. The van der Waals surface area contributed by atoms with Crippen LogP contribution in [0.2, 0.25) is 0 Å². The van der Waals surface area contributed by atoms with Gasteiger partial charge in [-0.1, -0.05) is 6.42 Å². The van der Waals surface area contributed by atoms with Gasteiger partial charge in [0.05, 0.1) is 6.61 Å². The lowest BCUT2D eigenvalue weighted by Gasteiger charge is -2.20. The SMILES string of the molecule is O=C(Nc1cc(C2CCCOC2)[nH]n1)c1cc2c([nH]c1=O)CCCCC2. The van der Waals surface area contributed by atoms with Gasteiger partial charge in [-0.2, -0.15) is 5.10 Å². The Morgan fingerprint density at radius 1 is 1.19 bits per heavy atom. The zero-order valence-corrected chi connectivity index (χ0v) is 14.8. The van der Waals surface area contributed by atoms with Crippen LogP contribution in [0.4, 0.5) is 5.82 Å². The molecule has 1 fully saturated rings. The topological polar surface area (TPSA) is 99.9 Å². The number of ether oxygens (including phenoxy) is 1. The second-order valence-electron chi connectivity index (χ2n) is 7.15. The lowest BCUT2D eigenvalue weighted by Crippen LogP contribution is -2.25. The predicted octanol–water partition coefficient (Wildman–Crippen LogP) is 2.51. The summed E-state index contributed by atoms with van der Waals surface area (Å²) in [6, 6.07) is 3.58. The number of anilines is 1. The smallest absolute Gasteiger partial charge is 0.262 e. The molecule has 1 unspecified atom stereocenters. The van der Waals surface area contributed by atoms with Gasteiger partial charge in [0.15, 0.2) is 5.82 Å². The first-order valence-corrected chi connectivity index (χ1v) is 9.40. The second-order valence-corrected chi connectivity index (χ2v) is 7.15. The van der Waals surface area contributed by atoms with E-state index >= 15 is 0 Å². The minimum Gasteiger partial charge on any atom is -0.381 e. The Morgan fingerprint density at radius 3 is 2.92 bits per heavy atom. The summed E-state index contributed by atoms with van der Waals surface area (Å²) < 4.78 is 5.49. The van der Waals surface area contributed by atoms with E-state index in [0.29, 0.717) is 12.4 Å². The third-order valence-corrected chi connectivity index (χ3v) is 5.27. The Morgan fingerprint density at radius 2 is 2.08 bits per heavy atom. The van der Waals surface area contributed by atoms with E-state index in [1.165, 1.54) is 0 Å². The van der Waals surface area contributed by atoms with Crippen LogP contribution in [0, 0.1) is 0 Å². The van der Waals surface area contributed by atoms with Crippen LogP contribution >= 0.6 is 0 Å². The minimum absolute atomic E-state index is 0.149. The third-order valence-electron chi connectivity index (χ3n) is 5.27. The number of pyridine rings is 1. The number of hydrogen-bond donors (Lipinski definition) is 3. The number of fused-ring (bicyclic) bond motifs is 1. The van der Waals surface area contributed by atoms with Crippen molar-refractivity contribution in [3.05, 3.63) is 45.0 Å². The van der Waals surface area contributed by atoms with Crippen molar-refractivity contribution >= 4 is 11.7 Å². The van der Waals surface area contributed by atoms with Crippen molar-refractivity contribution in [2.45, 2.75) is 50.9 Å². The molecule has 2 aliphatic rings. The van der Waals surface area contributed by atoms with E-state index in [4.69, 9.17) is 4.74 Å². The van der Waals surface area contributed by atoms with Crippen molar-refractivity contribution in [2.75, 3.05) is 18.5 Å². The summed E-state index contributed by atoms with van der Waals surface area (Å²) >= 11 is 0. The van der Waals surface area contributed by atoms with Crippen molar-refractivity contribution in [1.29, 1.82) is 0 Å². The minimum atomic E-state index is -0.420. The number of aryl methyl sites for hydroxylation is 2. The van der Waals surface area contributed by atoms with Crippen LogP contribution < -0.4 is 10.9 Å². The fourth-order valence-electron chi connectivity index (χ4n) is 3.80. The summed E-state index contributed by atoms with van der Waals surface area (Å²) in [6.07, 6.45) is 7.16. The molecule has 3 heterocycles. The molecule has 7 heteroatoms. The number of carbonyl (C=O) groups is 1. The van der Waals surface area contributed by atoms with Crippen LogP contribution in [0.3, 0.4) is 0 Å². The number of aromatic amines is 2. The van der Waals surface area contributed by atoms with Gasteiger partial charge in [0.25, 0.3) is 11.5 Å². The van der Waals surface area contributed by atoms with Crippen molar-refractivity contribution < 1.29 is 9.53 Å². The lowest BCUT2D eigenvalue weighted by molar-refractivity contribution is 0.0793. The maximum absolute atomic E-state index is 12.6. The number of carbonyl (C=O) groups excluding carboxylic acids is 1. The largest absolute Gasteiger partial charge is 0.381 e. The van der Waals surface area contributed by atoms with Crippen molar-refractivity contribution in [1.82, 2.24) is 15.2 Å². The van der Waals surface area contributed by atoms with Crippen molar-refractivity contribution in [3.8, 4) is 0 Å². The molecular weight excluding hydrogens is 332 g/mol. The van der Waals surface area contributed by atoms with E-state index in [9.17, 15) is 9.59 Å². The molecule has 1 saturated heterocycles. The van der Waals surface area contributed by atoms with Gasteiger partial charge in [-0.15, -0.1) is 0 Å². The number of rotatable bonds is 3. The zero-order chi connectivity index (χ0) is 17.9. The Kier molecular flexibility index (Phi) is 4.88. The fourth-order valence-corrected chi connectivity index (χ4v) is 3.80. The summed E-state index contributed by atoms with van der Waals surface area (Å²) in [5.74, 6) is 0.291. The fraction of sp³-hybridized carbons (Fsp3) is 0.526. The number of H-pyrrole nitrogens is 2. The number of amides is 1. The standard InChI is InChI=1S/C19H24N4O3/c24-18-14(9-12-5-2-1-3-7-15(12)20-18)19(25)21-17-10-16(22-23-17)13-6-4-8-26-11-13/h9-10,13H,1-8,11H2,(H,20,24)(H2,21,22,23,25). The van der Waals surface area contributed by atoms with Gasteiger partial charge in [0.1, 0.15) is 5.56 Å². The molecule has 1 aliphatic heterocycles. The zero-order valence-electron chi connectivity index (χ0n) is 14.8. The van der Waals surface area contributed by atoms with Gasteiger partial charge in [0.2, 0.25) is 0 Å². The Balaban J connectivity index is 1.51. The molecule has 1 atom stereocenters. The summed E-state index contributed by atoms with van der Waals surface area (Å²) in [4.78, 5) is 27.8. The molecule has 1 amide bonds. The van der Waals surface area contributed by atoms with E-state index in [0.717, 1.165) is 68.5 Å². The van der Waals surface area contributed by atoms with E-state index in [1.807, 2.05) is 6.07 Å². The van der Waals surface area contributed by atoms with E-state index in [2.05, 4.69) is 20.5 Å². The average molecular weight is 356 g/mol. The highest BCUT2D eigenvalue weighted by molar-refractivity contribution is 6.03. The molecular formula is C19H24N4O3. The first-order valence-electron chi connectivity index (χ1n) is 9.40. The highest BCUT2D eigenvalue weighted by Crippen LogP contribution is 2.25. The van der Waals surface area contributed by atoms with Crippen LogP contribution in [0.1, 0.15) is 65.3 Å². The first kappa shape index (κ1) is 17.0. The Bertz CT molecular complexity index is 849.